The minimum absolute atomic E-state index is 0.193. The zero-order chi connectivity index (χ0) is 28.7. The second-order valence-corrected chi connectivity index (χ2v) is 10.3. The summed E-state index contributed by atoms with van der Waals surface area (Å²) in [6.45, 7) is 3.13. The van der Waals surface area contributed by atoms with Crippen LogP contribution in [0, 0.1) is 5.92 Å². The molecular formula is C29H39NO9. The van der Waals surface area contributed by atoms with E-state index in [0.29, 0.717) is 17.2 Å². The van der Waals surface area contributed by atoms with Crippen LogP contribution in [0.1, 0.15) is 50.2 Å². The minimum Gasteiger partial charge on any atom is -0.504 e. The molecule has 1 heterocycles. The van der Waals surface area contributed by atoms with Gasteiger partial charge in [-0.15, -0.1) is 0 Å². The number of aliphatic carboxylic acids is 2. The molecule has 2 aliphatic carbocycles. The highest BCUT2D eigenvalue weighted by Gasteiger charge is 2.53. The number of phenols is 1. The highest BCUT2D eigenvalue weighted by atomic mass is 16.5. The number of rotatable bonds is 5. The maximum Gasteiger partial charge on any atom is 0.335 e. The van der Waals surface area contributed by atoms with E-state index >= 15 is 0 Å². The Hall–Kier alpha value is -3.18. The van der Waals surface area contributed by atoms with Crippen LogP contribution in [0.4, 0.5) is 0 Å². The summed E-state index contributed by atoms with van der Waals surface area (Å²) in [6, 6.07) is 14.5. The van der Waals surface area contributed by atoms with Crippen molar-refractivity contribution in [2.24, 2.45) is 5.92 Å². The summed E-state index contributed by atoms with van der Waals surface area (Å²) in [6.07, 6.45) is 3.29. The van der Waals surface area contributed by atoms with Gasteiger partial charge in [-0.25, -0.2) is 9.59 Å². The van der Waals surface area contributed by atoms with Gasteiger partial charge >= 0.3 is 11.9 Å². The Morgan fingerprint density at radius 2 is 1.69 bits per heavy atom. The molecule has 2 aromatic carbocycles. The van der Waals surface area contributed by atoms with Crippen molar-refractivity contribution in [3.8, 4) is 17.2 Å². The van der Waals surface area contributed by atoms with E-state index in [9.17, 15) is 14.7 Å². The lowest BCUT2D eigenvalue weighted by molar-refractivity contribution is -0.165. The Balaban J connectivity index is 0.000000274. The monoisotopic (exact) mass is 545 g/mol. The summed E-state index contributed by atoms with van der Waals surface area (Å²) < 4.78 is 6.05. The third kappa shape index (κ3) is 6.70. The molecule has 2 fully saturated rings. The van der Waals surface area contributed by atoms with E-state index in [2.05, 4.69) is 30.1 Å². The lowest BCUT2D eigenvalue weighted by Gasteiger charge is -2.58. The van der Waals surface area contributed by atoms with Crippen molar-refractivity contribution >= 4 is 11.9 Å². The molecule has 2 unspecified atom stereocenters. The topological polar surface area (TPSA) is 168 Å². The predicted molar refractivity (Wildman–Crippen MR) is 143 cm³/mol. The van der Waals surface area contributed by atoms with Crippen LogP contribution in [0.3, 0.4) is 0 Å². The van der Waals surface area contributed by atoms with E-state index in [-0.39, 0.29) is 12.4 Å². The van der Waals surface area contributed by atoms with E-state index in [0.717, 1.165) is 18.1 Å². The average molecular weight is 546 g/mol. The van der Waals surface area contributed by atoms with Gasteiger partial charge in [-0.3, -0.25) is 0 Å². The maximum atomic E-state index is 10.0. The lowest BCUT2D eigenvalue weighted by Crippen LogP contribution is -2.59. The Labute approximate surface area is 228 Å². The molecule has 1 aliphatic heterocycles. The molecule has 0 radical (unpaired) electrons. The lowest BCUT2D eigenvalue weighted by atomic mass is 9.52. The summed E-state index contributed by atoms with van der Waals surface area (Å²) in [4.78, 5) is 22.1. The Kier molecular flexibility index (Phi) is 10.3. The summed E-state index contributed by atoms with van der Waals surface area (Å²) in [5.74, 6) is -1.19. The molecular weight excluding hydrogens is 506 g/mol. The number of carbonyl (C=O) groups is 2. The third-order valence-electron chi connectivity index (χ3n) is 7.98. The van der Waals surface area contributed by atoms with E-state index in [1.165, 1.54) is 49.8 Å². The molecule has 5 rings (SSSR count). The van der Waals surface area contributed by atoms with Gasteiger partial charge in [0.1, 0.15) is 5.75 Å². The van der Waals surface area contributed by atoms with Gasteiger partial charge in [0.05, 0.1) is 0 Å². The molecule has 0 aromatic heterocycles. The zero-order valence-electron chi connectivity index (χ0n) is 22.4. The molecule has 2 aromatic rings. The van der Waals surface area contributed by atoms with Gasteiger partial charge in [-0.05, 0) is 87.5 Å². The third-order valence-corrected chi connectivity index (χ3v) is 7.98. The van der Waals surface area contributed by atoms with Gasteiger partial charge in [-0.2, -0.15) is 0 Å². The van der Waals surface area contributed by atoms with Crippen LogP contribution in [0.2, 0.25) is 0 Å². The largest absolute Gasteiger partial charge is 0.504 e. The second kappa shape index (κ2) is 13.3. The first-order chi connectivity index (χ1) is 18.5. The van der Waals surface area contributed by atoms with E-state index in [4.69, 9.17) is 30.3 Å². The van der Waals surface area contributed by atoms with Crippen LogP contribution >= 0.6 is 0 Å². The summed E-state index contributed by atoms with van der Waals surface area (Å²) in [7, 11) is 2.31. The number of aliphatic hydroxyl groups excluding tert-OH is 3. The molecule has 1 saturated heterocycles. The van der Waals surface area contributed by atoms with Gasteiger partial charge < -0.3 is 40.3 Å². The maximum absolute atomic E-state index is 10.0. The van der Waals surface area contributed by atoms with Crippen molar-refractivity contribution in [3.63, 3.8) is 0 Å². The number of likely N-dealkylation sites (tertiary alicyclic amines) is 1. The fourth-order valence-electron chi connectivity index (χ4n) is 6.18. The van der Waals surface area contributed by atoms with Crippen LogP contribution < -0.4 is 4.74 Å². The molecule has 214 valence electrons. The van der Waals surface area contributed by atoms with Crippen molar-refractivity contribution in [3.05, 3.63) is 53.6 Å². The zero-order valence-corrected chi connectivity index (χ0v) is 22.4. The SMILES string of the molecule is CCO.CN1CC[C@]23CCCC[C@H]2[C@H]1Cc1ccc(Oc2ccccc2O)cc13.O=C(O)C(O)C(O)C(=O)O. The Bertz CT molecular complexity index is 1120. The summed E-state index contributed by atoms with van der Waals surface area (Å²) in [5, 5.41) is 50.1. The van der Waals surface area contributed by atoms with Gasteiger partial charge in [0, 0.05) is 18.1 Å². The number of benzene rings is 2. The molecule has 1 saturated carbocycles. The number of carboxylic acids is 2. The van der Waals surface area contributed by atoms with Crippen molar-refractivity contribution in [2.75, 3.05) is 20.2 Å². The number of aliphatic hydroxyl groups is 3. The highest BCUT2D eigenvalue weighted by Crippen LogP contribution is 2.56. The van der Waals surface area contributed by atoms with Gasteiger partial charge in [0.15, 0.2) is 23.7 Å². The summed E-state index contributed by atoms with van der Waals surface area (Å²) >= 11 is 0. The molecule has 2 bridgehead atoms. The van der Waals surface area contributed by atoms with Crippen LogP contribution in [0.5, 0.6) is 17.2 Å². The van der Waals surface area contributed by atoms with E-state index < -0.39 is 24.1 Å². The first kappa shape index (κ1) is 30.4. The molecule has 10 nitrogen and oxygen atoms in total. The molecule has 6 N–H and O–H groups in total. The Morgan fingerprint density at radius 1 is 1.05 bits per heavy atom. The number of likely N-dealkylation sites (N-methyl/N-ethyl adjacent to an activating group) is 1. The number of hydrogen-bond donors (Lipinski definition) is 6. The molecule has 39 heavy (non-hydrogen) atoms. The van der Waals surface area contributed by atoms with Crippen molar-refractivity contribution in [1.29, 1.82) is 0 Å². The quantitative estimate of drug-likeness (QED) is 0.329. The number of aromatic hydroxyl groups is 1. The number of phenolic OH excluding ortho intramolecular Hbond substituents is 1. The smallest absolute Gasteiger partial charge is 0.335 e. The van der Waals surface area contributed by atoms with Crippen LogP contribution in [-0.2, 0) is 21.4 Å². The number of fused-ring (bicyclic) bond motifs is 1. The van der Waals surface area contributed by atoms with Gasteiger partial charge in [0.2, 0.25) is 0 Å². The number of piperidine rings is 1. The first-order valence-corrected chi connectivity index (χ1v) is 13.3. The van der Waals surface area contributed by atoms with Crippen LogP contribution in [0.15, 0.2) is 42.5 Å². The molecule has 0 spiro atoms. The predicted octanol–water partition coefficient (Wildman–Crippen LogP) is 2.75. The van der Waals surface area contributed by atoms with Crippen molar-refractivity contribution in [1.82, 2.24) is 4.90 Å². The number of ether oxygens (including phenoxy) is 1. The standard InChI is InChI=1S/C23H27NO2.C4H6O6.C2H6O/c1-24-13-12-23-11-5-4-6-18(23)20(24)14-16-9-10-17(15-19(16)23)26-22-8-3-2-7-21(22)25;5-1(3(7)8)2(6)4(9)10;1-2-3/h2-3,7-10,15,18,20,25H,4-6,11-14H2,1H3;1-2,5-6H,(H,7,8)(H,9,10);3H,2H2,1H3/t18-,20+,23+;;/m0../s1. The van der Waals surface area contributed by atoms with Crippen molar-refractivity contribution < 1.29 is 45.0 Å². The number of carboxylic acid groups (broad SMARTS) is 2. The normalized spacial score (nSPS) is 24.7. The number of para-hydroxylation sites is 2. The van der Waals surface area contributed by atoms with E-state index in [1.807, 2.05) is 18.2 Å². The summed E-state index contributed by atoms with van der Waals surface area (Å²) in [5.41, 5.74) is 3.37. The van der Waals surface area contributed by atoms with Crippen LogP contribution in [-0.4, -0.2) is 85.9 Å². The van der Waals surface area contributed by atoms with Gasteiger partial charge in [0.25, 0.3) is 0 Å². The molecule has 3 aliphatic rings. The number of nitrogens with zero attached hydrogens (tertiary/aromatic N) is 1. The van der Waals surface area contributed by atoms with Gasteiger partial charge in [-0.1, -0.05) is 31.0 Å². The molecule has 0 amide bonds. The molecule has 5 atom stereocenters. The van der Waals surface area contributed by atoms with Crippen molar-refractivity contribution in [2.45, 2.75) is 69.1 Å². The Morgan fingerprint density at radius 3 is 2.31 bits per heavy atom. The fourth-order valence-corrected chi connectivity index (χ4v) is 6.18. The number of hydrogen-bond acceptors (Lipinski definition) is 8. The van der Waals surface area contributed by atoms with E-state index in [1.54, 1.807) is 13.0 Å². The second-order valence-electron chi connectivity index (χ2n) is 10.3. The van der Waals surface area contributed by atoms with Crippen LogP contribution in [0.25, 0.3) is 0 Å². The average Bonchev–Trinajstić information content (AvgIpc) is 2.92. The fraction of sp³-hybridized carbons (Fsp3) is 0.517. The first-order valence-electron chi connectivity index (χ1n) is 13.3. The highest BCUT2D eigenvalue weighted by molar-refractivity contribution is 5.83. The molecule has 10 heteroatoms. The minimum atomic E-state index is -2.27.